The van der Waals surface area contributed by atoms with Crippen molar-refractivity contribution in [1.29, 1.82) is 0 Å². The first-order valence-electron chi connectivity index (χ1n) is 10.4. The van der Waals surface area contributed by atoms with Crippen LogP contribution in [0.5, 0.6) is 0 Å². The van der Waals surface area contributed by atoms with E-state index in [0.29, 0.717) is 33.9 Å². The number of nitrogens with zero attached hydrogens (tertiary/aromatic N) is 6. The zero-order valence-electron chi connectivity index (χ0n) is 17.4. The molecule has 0 radical (unpaired) electrons. The molecule has 1 atom stereocenters. The van der Waals surface area contributed by atoms with Crippen LogP contribution in [0.3, 0.4) is 0 Å². The minimum atomic E-state index is -0.296. The molecule has 1 aliphatic rings. The molecule has 3 aromatic heterocycles. The molecule has 1 fully saturated rings. The van der Waals surface area contributed by atoms with Gasteiger partial charge in [0.15, 0.2) is 11.0 Å². The molecule has 4 heterocycles. The fraction of sp³-hybridized carbons (Fsp3) is 0.381. The number of aromatic nitrogens is 6. The van der Waals surface area contributed by atoms with Crippen molar-refractivity contribution >= 4 is 28.1 Å². The summed E-state index contributed by atoms with van der Waals surface area (Å²) in [5.41, 5.74) is 1.27. The highest BCUT2D eigenvalue weighted by Gasteiger charge is 2.22. The molecule has 0 bridgehead atoms. The van der Waals surface area contributed by atoms with Gasteiger partial charge in [0.2, 0.25) is 4.96 Å². The lowest BCUT2D eigenvalue weighted by molar-refractivity contribution is 0.0953. The minimum absolute atomic E-state index is 0.0910. The van der Waals surface area contributed by atoms with Crippen LogP contribution in [-0.2, 0) is 23.5 Å². The average Bonchev–Trinajstić information content (AvgIpc) is 3.53. The van der Waals surface area contributed by atoms with Gasteiger partial charge in [0.05, 0.1) is 18.3 Å². The second-order valence-corrected chi connectivity index (χ2v) is 9.46. The number of hydrogen-bond acceptors (Lipinski definition) is 8. The van der Waals surface area contributed by atoms with E-state index in [1.54, 1.807) is 12.1 Å². The first kappa shape index (κ1) is 21.2. The van der Waals surface area contributed by atoms with E-state index in [2.05, 4.69) is 20.3 Å². The molecule has 166 valence electrons. The van der Waals surface area contributed by atoms with E-state index in [1.807, 2.05) is 11.5 Å². The van der Waals surface area contributed by atoms with Crippen molar-refractivity contribution in [3.63, 3.8) is 0 Å². The Labute approximate surface area is 191 Å². The SMILES string of the molecule is CCc1nn2c(=O)cc(CSc3nnc(-c4ccc(F)cc4)n3C[C@@H]3CCCO3)nc2s1. The molecule has 5 rings (SSSR count). The lowest BCUT2D eigenvalue weighted by atomic mass is 10.2. The summed E-state index contributed by atoms with van der Waals surface area (Å²) < 4.78 is 22.6. The number of aryl methyl sites for hydroxylation is 1. The summed E-state index contributed by atoms with van der Waals surface area (Å²) in [7, 11) is 0. The predicted octanol–water partition coefficient (Wildman–Crippen LogP) is 3.58. The Hall–Kier alpha value is -2.63. The fourth-order valence-electron chi connectivity index (χ4n) is 3.62. The number of thioether (sulfide) groups is 1. The maximum atomic E-state index is 13.4. The van der Waals surface area contributed by atoms with Crippen LogP contribution in [-0.4, -0.2) is 42.1 Å². The van der Waals surface area contributed by atoms with Gasteiger partial charge in [-0.05, 0) is 43.5 Å². The van der Waals surface area contributed by atoms with Crippen molar-refractivity contribution in [2.75, 3.05) is 6.61 Å². The van der Waals surface area contributed by atoms with Gasteiger partial charge in [-0.15, -0.1) is 10.2 Å². The summed E-state index contributed by atoms with van der Waals surface area (Å²) in [6, 6.07) is 7.75. The van der Waals surface area contributed by atoms with E-state index in [9.17, 15) is 9.18 Å². The van der Waals surface area contributed by atoms with Gasteiger partial charge in [-0.3, -0.25) is 9.36 Å². The molecule has 0 spiro atoms. The summed E-state index contributed by atoms with van der Waals surface area (Å²) >= 11 is 2.89. The standard InChI is InChI=1S/C21H21FN6O2S2/c1-2-17-26-28-18(29)10-15(23-20(28)32-17)12-31-21-25-24-19(13-5-7-14(22)8-6-13)27(21)11-16-4-3-9-30-16/h5-8,10,16H,2-4,9,11-12H2,1H3/t16-/m0/s1. The molecule has 0 N–H and O–H groups in total. The molecule has 4 aromatic rings. The smallest absolute Gasteiger partial charge is 0.275 e. The minimum Gasteiger partial charge on any atom is -0.376 e. The Morgan fingerprint density at radius 3 is 2.88 bits per heavy atom. The van der Waals surface area contributed by atoms with Gasteiger partial charge in [-0.25, -0.2) is 9.37 Å². The molecular formula is C21H21FN6O2S2. The Morgan fingerprint density at radius 1 is 1.28 bits per heavy atom. The van der Waals surface area contributed by atoms with Gasteiger partial charge < -0.3 is 4.74 Å². The first-order valence-corrected chi connectivity index (χ1v) is 12.2. The van der Waals surface area contributed by atoms with Crippen molar-refractivity contribution in [2.24, 2.45) is 0 Å². The Morgan fingerprint density at radius 2 is 2.12 bits per heavy atom. The van der Waals surface area contributed by atoms with E-state index in [0.717, 1.165) is 36.4 Å². The summed E-state index contributed by atoms with van der Waals surface area (Å²) in [6.45, 7) is 3.37. The summed E-state index contributed by atoms with van der Waals surface area (Å²) in [5, 5.41) is 14.6. The van der Waals surface area contributed by atoms with Gasteiger partial charge in [0.25, 0.3) is 5.56 Å². The third-order valence-electron chi connectivity index (χ3n) is 5.22. The Balaban J connectivity index is 1.43. The zero-order chi connectivity index (χ0) is 22.1. The van der Waals surface area contributed by atoms with Crippen LogP contribution in [0, 0.1) is 5.82 Å². The van der Waals surface area contributed by atoms with E-state index in [4.69, 9.17) is 4.74 Å². The van der Waals surface area contributed by atoms with Gasteiger partial charge in [0, 0.05) is 24.0 Å². The van der Waals surface area contributed by atoms with Crippen molar-refractivity contribution in [1.82, 2.24) is 29.4 Å². The zero-order valence-corrected chi connectivity index (χ0v) is 19.0. The molecular weight excluding hydrogens is 451 g/mol. The summed E-state index contributed by atoms with van der Waals surface area (Å²) in [5.74, 6) is 0.843. The van der Waals surface area contributed by atoms with E-state index in [1.165, 1.54) is 45.8 Å². The lowest BCUT2D eigenvalue weighted by Crippen LogP contribution is -2.17. The number of fused-ring (bicyclic) bond motifs is 1. The highest BCUT2D eigenvalue weighted by molar-refractivity contribution is 7.98. The van der Waals surface area contributed by atoms with Crippen LogP contribution < -0.4 is 5.56 Å². The Kier molecular flexibility index (Phi) is 6.03. The van der Waals surface area contributed by atoms with Crippen molar-refractivity contribution in [2.45, 2.75) is 49.7 Å². The Bertz CT molecular complexity index is 1290. The molecule has 1 aromatic carbocycles. The average molecular weight is 473 g/mol. The van der Waals surface area contributed by atoms with Gasteiger partial charge in [0.1, 0.15) is 10.8 Å². The fourth-order valence-corrected chi connectivity index (χ4v) is 5.31. The quantitative estimate of drug-likeness (QED) is 0.380. The number of benzene rings is 1. The number of ether oxygens (including phenoxy) is 1. The van der Waals surface area contributed by atoms with Gasteiger partial charge >= 0.3 is 0 Å². The van der Waals surface area contributed by atoms with Gasteiger partial charge in [-0.2, -0.15) is 9.61 Å². The monoisotopic (exact) mass is 472 g/mol. The molecule has 0 aliphatic carbocycles. The van der Waals surface area contributed by atoms with E-state index >= 15 is 0 Å². The maximum Gasteiger partial charge on any atom is 0.275 e. The molecule has 32 heavy (non-hydrogen) atoms. The summed E-state index contributed by atoms with van der Waals surface area (Å²) in [4.78, 5) is 17.6. The van der Waals surface area contributed by atoms with Gasteiger partial charge in [-0.1, -0.05) is 30.0 Å². The normalized spacial score (nSPS) is 16.2. The number of rotatable bonds is 7. The largest absolute Gasteiger partial charge is 0.376 e. The van der Waals surface area contributed by atoms with Crippen LogP contribution >= 0.6 is 23.1 Å². The molecule has 11 heteroatoms. The second kappa shape index (κ2) is 9.08. The van der Waals surface area contributed by atoms with Crippen molar-refractivity contribution in [3.05, 3.63) is 57.2 Å². The number of hydrogen-bond donors (Lipinski definition) is 0. The third kappa shape index (κ3) is 4.32. The molecule has 0 amide bonds. The molecule has 8 nitrogen and oxygen atoms in total. The third-order valence-corrected chi connectivity index (χ3v) is 7.27. The van der Waals surface area contributed by atoms with Crippen molar-refractivity contribution in [3.8, 4) is 11.4 Å². The molecule has 1 saturated heterocycles. The van der Waals surface area contributed by atoms with Crippen molar-refractivity contribution < 1.29 is 9.13 Å². The van der Waals surface area contributed by atoms with Crippen LogP contribution in [0.2, 0.25) is 0 Å². The first-order chi connectivity index (χ1) is 15.6. The van der Waals surface area contributed by atoms with E-state index in [-0.39, 0.29) is 17.5 Å². The second-order valence-electron chi connectivity index (χ2n) is 7.48. The molecule has 1 aliphatic heterocycles. The maximum absolute atomic E-state index is 13.4. The molecule has 0 saturated carbocycles. The van der Waals surface area contributed by atoms with E-state index < -0.39 is 0 Å². The highest BCUT2D eigenvalue weighted by atomic mass is 32.2. The van der Waals surface area contributed by atoms with Crippen LogP contribution in [0.1, 0.15) is 30.5 Å². The lowest BCUT2D eigenvalue weighted by Gasteiger charge is -2.14. The van der Waals surface area contributed by atoms with Crippen LogP contribution in [0.25, 0.3) is 16.3 Å². The van der Waals surface area contributed by atoms with Crippen LogP contribution in [0.4, 0.5) is 4.39 Å². The number of halogens is 1. The summed E-state index contributed by atoms with van der Waals surface area (Å²) in [6.07, 6.45) is 2.86. The van der Waals surface area contributed by atoms with Crippen LogP contribution in [0.15, 0.2) is 40.3 Å². The topological polar surface area (TPSA) is 87.2 Å². The highest BCUT2D eigenvalue weighted by Crippen LogP contribution is 2.28. The molecule has 0 unspecified atom stereocenters. The predicted molar refractivity (Wildman–Crippen MR) is 120 cm³/mol.